The number of imidazole rings is 1. The van der Waals surface area contributed by atoms with Gasteiger partial charge in [0.1, 0.15) is 11.9 Å². The highest BCUT2D eigenvalue weighted by Crippen LogP contribution is 2.22. The van der Waals surface area contributed by atoms with Crippen LogP contribution in [0.5, 0.6) is 0 Å². The molecular formula is C18H24N6O2. The maximum Gasteiger partial charge on any atom is 0.246 e. The van der Waals surface area contributed by atoms with Gasteiger partial charge < -0.3 is 15.2 Å². The molecule has 3 heterocycles. The lowest BCUT2D eigenvalue weighted by molar-refractivity contribution is -0.136. The molecule has 0 aromatic carbocycles. The standard InChI is InChI=1S/C18H24N6O2/c1-11(2)4-17-20-6-13-8-24(9-16(13)23-17)18(26)15(22-12(3)25)5-14-7-19-10-21-14/h6-7,10-11,15H,4-5,8-9H2,1-3H3,(H,19,21)(H,22,25)/t15-/m0/s1. The Balaban J connectivity index is 1.72. The number of aromatic nitrogens is 4. The van der Waals surface area contributed by atoms with E-state index in [9.17, 15) is 9.59 Å². The second-order valence-electron chi connectivity index (χ2n) is 7.08. The van der Waals surface area contributed by atoms with Gasteiger partial charge in [0.2, 0.25) is 11.8 Å². The molecule has 0 radical (unpaired) electrons. The van der Waals surface area contributed by atoms with Crippen molar-refractivity contribution in [3.8, 4) is 0 Å². The smallest absolute Gasteiger partial charge is 0.246 e. The Morgan fingerprint density at radius 1 is 1.27 bits per heavy atom. The predicted molar refractivity (Wildman–Crippen MR) is 94.7 cm³/mol. The van der Waals surface area contributed by atoms with Crippen molar-refractivity contribution < 1.29 is 9.59 Å². The Bertz CT molecular complexity index is 787. The van der Waals surface area contributed by atoms with Gasteiger partial charge in [0, 0.05) is 50.0 Å². The topological polar surface area (TPSA) is 104 Å². The zero-order valence-corrected chi connectivity index (χ0v) is 15.3. The van der Waals surface area contributed by atoms with Gasteiger partial charge >= 0.3 is 0 Å². The maximum absolute atomic E-state index is 13.0. The molecule has 0 spiro atoms. The summed E-state index contributed by atoms with van der Waals surface area (Å²) in [6, 6.07) is -0.634. The van der Waals surface area contributed by atoms with E-state index in [2.05, 4.69) is 39.1 Å². The summed E-state index contributed by atoms with van der Waals surface area (Å²) < 4.78 is 0. The third-order valence-electron chi connectivity index (χ3n) is 4.26. The van der Waals surface area contributed by atoms with Crippen LogP contribution in [-0.2, 0) is 35.5 Å². The number of carbonyl (C=O) groups excluding carboxylic acids is 2. The number of rotatable bonds is 6. The number of aromatic amines is 1. The number of hydrogen-bond donors (Lipinski definition) is 2. The van der Waals surface area contributed by atoms with Gasteiger partial charge in [-0.05, 0) is 5.92 Å². The van der Waals surface area contributed by atoms with Crippen LogP contribution in [0.15, 0.2) is 18.7 Å². The van der Waals surface area contributed by atoms with Crippen molar-refractivity contribution in [3.05, 3.63) is 41.5 Å². The highest BCUT2D eigenvalue weighted by Gasteiger charge is 2.31. The van der Waals surface area contributed by atoms with E-state index in [-0.39, 0.29) is 11.8 Å². The van der Waals surface area contributed by atoms with Crippen molar-refractivity contribution >= 4 is 11.8 Å². The number of hydrogen-bond acceptors (Lipinski definition) is 5. The van der Waals surface area contributed by atoms with Crippen LogP contribution in [0.25, 0.3) is 0 Å². The van der Waals surface area contributed by atoms with E-state index < -0.39 is 6.04 Å². The Morgan fingerprint density at radius 2 is 2.08 bits per heavy atom. The highest BCUT2D eigenvalue weighted by molar-refractivity contribution is 5.87. The van der Waals surface area contributed by atoms with Gasteiger partial charge in [-0.3, -0.25) is 9.59 Å². The van der Waals surface area contributed by atoms with Crippen molar-refractivity contribution in [1.82, 2.24) is 30.2 Å². The van der Waals surface area contributed by atoms with Crippen molar-refractivity contribution in [2.75, 3.05) is 0 Å². The van der Waals surface area contributed by atoms with Crippen LogP contribution in [0.3, 0.4) is 0 Å². The molecule has 8 nitrogen and oxygen atoms in total. The molecule has 0 saturated carbocycles. The molecule has 3 rings (SSSR count). The van der Waals surface area contributed by atoms with Gasteiger partial charge in [-0.25, -0.2) is 15.0 Å². The van der Waals surface area contributed by atoms with Crippen molar-refractivity contribution in [2.24, 2.45) is 5.92 Å². The lowest BCUT2D eigenvalue weighted by Gasteiger charge is -2.23. The van der Waals surface area contributed by atoms with Crippen molar-refractivity contribution in [2.45, 2.75) is 52.7 Å². The SMILES string of the molecule is CC(=O)N[C@@H](Cc1cnc[nH]1)C(=O)N1Cc2cnc(CC(C)C)nc2C1. The maximum atomic E-state index is 13.0. The largest absolute Gasteiger partial charge is 0.348 e. The highest BCUT2D eigenvalue weighted by atomic mass is 16.2. The monoisotopic (exact) mass is 356 g/mol. The molecule has 0 unspecified atom stereocenters. The van der Waals surface area contributed by atoms with Gasteiger partial charge in [-0.15, -0.1) is 0 Å². The molecule has 0 bridgehead atoms. The summed E-state index contributed by atoms with van der Waals surface area (Å²) in [4.78, 5) is 42.2. The molecule has 1 atom stereocenters. The van der Waals surface area contributed by atoms with E-state index in [1.54, 1.807) is 17.4 Å². The second-order valence-corrected chi connectivity index (χ2v) is 7.08. The van der Waals surface area contributed by atoms with Crippen molar-refractivity contribution in [3.63, 3.8) is 0 Å². The van der Waals surface area contributed by atoms with E-state index in [0.29, 0.717) is 25.4 Å². The summed E-state index contributed by atoms with van der Waals surface area (Å²) in [5, 5.41) is 2.75. The summed E-state index contributed by atoms with van der Waals surface area (Å²) in [5.41, 5.74) is 2.66. The van der Waals surface area contributed by atoms with Gasteiger partial charge in [-0.2, -0.15) is 0 Å². The summed E-state index contributed by atoms with van der Waals surface area (Å²) in [6.45, 7) is 6.57. The minimum atomic E-state index is -0.634. The molecule has 0 saturated heterocycles. The average Bonchev–Trinajstić information content (AvgIpc) is 3.21. The van der Waals surface area contributed by atoms with Gasteiger partial charge in [0.05, 0.1) is 18.6 Å². The first-order valence-electron chi connectivity index (χ1n) is 8.79. The van der Waals surface area contributed by atoms with Gasteiger partial charge in [0.15, 0.2) is 0 Å². The zero-order chi connectivity index (χ0) is 18.7. The first kappa shape index (κ1) is 18.0. The number of H-pyrrole nitrogens is 1. The van der Waals surface area contributed by atoms with Crippen LogP contribution in [0, 0.1) is 5.92 Å². The fourth-order valence-corrected chi connectivity index (χ4v) is 3.10. The molecule has 0 aliphatic carbocycles. The Morgan fingerprint density at radius 3 is 2.73 bits per heavy atom. The fraction of sp³-hybridized carbons (Fsp3) is 0.500. The van der Waals surface area contributed by atoms with Crippen LogP contribution in [0.2, 0.25) is 0 Å². The van der Waals surface area contributed by atoms with E-state index >= 15 is 0 Å². The Labute approximate surface area is 152 Å². The van der Waals surface area contributed by atoms with Crippen LogP contribution in [0.4, 0.5) is 0 Å². The molecule has 2 aromatic rings. The second kappa shape index (κ2) is 7.63. The molecule has 26 heavy (non-hydrogen) atoms. The van der Waals surface area contributed by atoms with Crippen LogP contribution in [-0.4, -0.2) is 42.7 Å². The predicted octanol–water partition coefficient (Wildman–Crippen LogP) is 0.988. The molecule has 2 amide bonds. The first-order chi connectivity index (χ1) is 12.4. The minimum Gasteiger partial charge on any atom is -0.348 e. The number of carbonyl (C=O) groups is 2. The Hall–Kier alpha value is -2.77. The molecular weight excluding hydrogens is 332 g/mol. The molecule has 2 aromatic heterocycles. The molecule has 138 valence electrons. The first-order valence-corrected chi connectivity index (χ1v) is 8.79. The van der Waals surface area contributed by atoms with Crippen LogP contribution < -0.4 is 5.32 Å². The fourth-order valence-electron chi connectivity index (χ4n) is 3.10. The molecule has 8 heteroatoms. The number of nitrogens with zero attached hydrogens (tertiary/aromatic N) is 4. The van der Waals surface area contributed by atoms with Crippen LogP contribution in [0.1, 0.15) is 43.5 Å². The molecule has 1 aliphatic rings. The number of fused-ring (bicyclic) bond motifs is 1. The summed E-state index contributed by atoms with van der Waals surface area (Å²) in [7, 11) is 0. The lowest BCUT2D eigenvalue weighted by atomic mass is 10.1. The minimum absolute atomic E-state index is 0.127. The normalized spacial score (nSPS) is 14.4. The average molecular weight is 356 g/mol. The van der Waals surface area contributed by atoms with E-state index in [1.807, 2.05) is 6.20 Å². The zero-order valence-electron chi connectivity index (χ0n) is 15.3. The molecule has 0 fully saturated rings. The molecule has 1 aliphatic heterocycles. The third kappa shape index (κ3) is 4.25. The summed E-state index contributed by atoms with van der Waals surface area (Å²) in [5.74, 6) is 0.923. The number of nitrogens with one attached hydrogen (secondary N) is 2. The van der Waals surface area contributed by atoms with E-state index in [4.69, 9.17) is 0 Å². The molecule has 2 N–H and O–H groups in total. The Kier molecular flexibility index (Phi) is 5.29. The quantitative estimate of drug-likeness (QED) is 0.803. The van der Waals surface area contributed by atoms with Gasteiger partial charge in [-0.1, -0.05) is 13.8 Å². The van der Waals surface area contributed by atoms with Crippen LogP contribution >= 0.6 is 0 Å². The van der Waals surface area contributed by atoms with Gasteiger partial charge in [0.25, 0.3) is 0 Å². The lowest BCUT2D eigenvalue weighted by Crippen LogP contribution is -2.47. The number of amides is 2. The van der Waals surface area contributed by atoms with E-state index in [0.717, 1.165) is 29.2 Å². The summed E-state index contributed by atoms with van der Waals surface area (Å²) >= 11 is 0. The van der Waals surface area contributed by atoms with Crippen molar-refractivity contribution in [1.29, 1.82) is 0 Å². The summed E-state index contributed by atoms with van der Waals surface area (Å²) in [6.07, 6.45) is 6.22. The third-order valence-corrected chi connectivity index (χ3v) is 4.26. The van der Waals surface area contributed by atoms with E-state index in [1.165, 1.54) is 6.92 Å².